The predicted octanol–water partition coefficient (Wildman–Crippen LogP) is 2.43. The van der Waals surface area contributed by atoms with Crippen LogP contribution < -0.4 is 5.32 Å². The standard InChI is InChI=1S/C15H29N3O2S/c1-6-8-9-17(5)21(19,20)15-10-14(11-16-13(3)4)18(7-2)12-15/h10,12-13,16H,6-9,11H2,1-5H3. The van der Waals surface area contributed by atoms with Crippen molar-refractivity contribution < 1.29 is 8.42 Å². The Labute approximate surface area is 129 Å². The summed E-state index contributed by atoms with van der Waals surface area (Å²) in [5, 5.41) is 3.34. The zero-order valence-electron chi connectivity index (χ0n) is 13.9. The van der Waals surface area contributed by atoms with Crippen LogP contribution in [0.5, 0.6) is 0 Å². The lowest BCUT2D eigenvalue weighted by Crippen LogP contribution is -2.27. The van der Waals surface area contributed by atoms with E-state index in [0.29, 0.717) is 24.0 Å². The maximum Gasteiger partial charge on any atom is 0.244 e. The smallest absolute Gasteiger partial charge is 0.244 e. The van der Waals surface area contributed by atoms with E-state index >= 15 is 0 Å². The largest absolute Gasteiger partial charge is 0.349 e. The van der Waals surface area contributed by atoms with Gasteiger partial charge in [0.25, 0.3) is 0 Å². The maximum absolute atomic E-state index is 12.5. The number of hydrogen-bond donors (Lipinski definition) is 1. The molecule has 0 atom stereocenters. The van der Waals surface area contributed by atoms with Gasteiger partial charge in [-0.3, -0.25) is 0 Å². The highest BCUT2D eigenvalue weighted by molar-refractivity contribution is 7.89. The third kappa shape index (κ3) is 4.83. The van der Waals surface area contributed by atoms with Crippen LogP contribution in [-0.4, -0.2) is 36.9 Å². The molecule has 1 N–H and O–H groups in total. The summed E-state index contributed by atoms with van der Waals surface area (Å²) in [6.07, 6.45) is 3.61. The zero-order chi connectivity index (χ0) is 16.0. The molecule has 0 saturated heterocycles. The Bertz CT molecular complexity index is 535. The number of nitrogens with one attached hydrogen (secondary N) is 1. The minimum atomic E-state index is -3.38. The van der Waals surface area contributed by atoms with E-state index in [2.05, 4.69) is 26.1 Å². The molecule has 0 aromatic carbocycles. The Morgan fingerprint density at radius 2 is 2.00 bits per heavy atom. The minimum absolute atomic E-state index is 0.373. The first kappa shape index (κ1) is 18.2. The first-order chi connectivity index (χ1) is 9.82. The van der Waals surface area contributed by atoms with Crippen LogP contribution in [0.3, 0.4) is 0 Å². The molecule has 0 aliphatic carbocycles. The second kappa shape index (κ2) is 7.96. The molecule has 0 unspecified atom stereocenters. The lowest BCUT2D eigenvalue weighted by molar-refractivity contribution is 0.459. The Balaban J connectivity index is 2.97. The molecule has 1 rings (SSSR count). The lowest BCUT2D eigenvalue weighted by Gasteiger charge is -2.15. The van der Waals surface area contributed by atoms with E-state index in [1.165, 1.54) is 4.31 Å². The summed E-state index contributed by atoms with van der Waals surface area (Å²) < 4.78 is 28.5. The van der Waals surface area contributed by atoms with Crippen molar-refractivity contribution in [3.63, 3.8) is 0 Å². The van der Waals surface area contributed by atoms with Crippen LogP contribution in [0.25, 0.3) is 0 Å². The predicted molar refractivity (Wildman–Crippen MR) is 86.8 cm³/mol. The van der Waals surface area contributed by atoms with Crippen molar-refractivity contribution in [1.82, 2.24) is 14.2 Å². The van der Waals surface area contributed by atoms with Gasteiger partial charge in [0.15, 0.2) is 0 Å². The molecule has 5 nitrogen and oxygen atoms in total. The van der Waals surface area contributed by atoms with Crippen LogP contribution in [0.4, 0.5) is 0 Å². The fourth-order valence-electron chi connectivity index (χ4n) is 2.10. The highest BCUT2D eigenvalue weighted by Crippen LogP contribution is 2.19. The van der Waals surface area contributed by atoms with Gasteiger partial charge in [0.05, 0.1) is 0 Å². The molecule has 0 aliphatic rings. The van der Waals surface area contributed by atoms with Crippen molar-refractivity contribution in [3.05, 3.63) is 18.0 Å². The summed E-state index contributed by atoms with van der Waals surface area (Å²) in [4.78, 5) is 0.392. The van der Waals surface area contributed by atoms with E-state index in [1.807, 2.05) is 11.5 Å². The van der Waals surface area contributed by atoms with E-state index < -0.39 is 10.0 Å². The molecule has 1 aromatic rings. The molecule has 0 amide bonds. The lowest BCUT2D eigenvalue weighted by atomic mass is 10.3. The van der Waals surface area contributed by atoms with Crippen LogP contribution in [0.1, 0.15) is 46.2 Å². The highest BCUT2D eigenvalue weighted by atomic mass is 32.2. The van der Waals surface area contributed by atoms with Crippen molar-refractivity contribution in [3.8, 4) is 0 Å². The van der Waals surface area contributed by atoms with Gasteiger partial charge in [-0.1, -0.05) is 27.2 Å². The van der Waals surface area contributed by atoms with Crippen LogP contribution in [0, 0.1) is 0 Å². The molecular weight excluding hydrogens is 286 g/mol. The average Bonchev–Trinajstić information content (AvgIpc) is 2.86. The van der Waals surface area contributed by atoms with Crippen LogP contribution in [0.15, 0.2) is 17.2 Å². The number of rotatable bonds is 9. The fraction of sp³-hybridized carbons (Fsp3) is 0.733. The number of aryl methyl sites for hydroxylation is 1. The van der Waals surface area contributed by atoms with Gasteiger partial charge >= 0.3 is 0 Å². The van der Waals surface area contributed by atoms with Gasteiger partial charge in [0.2, 0.25) is 10.0 Å². The summed E-state index contributed by atoms with van der Waals surface area (Å²) in [6.45, 7) is 10.3. The zero-order valence-corrected chi connectivity index (χ0v) is 14.7. The van der Waals surface area contributed by atoms with Crippen molar-refractivity contribution >= 4 is 10.0 Å². The van der Waals surface area contributed by atoms with Crippen LogP contribution in [-0.2, 0) is 23.1 Å². The Hall–Kier alpha value is -0.850. The number of unbranched alkanes of at least 4 members (excludes halogenated alkanes) is 1. The Kier molecular flexibility index (Phi) is 6.90. The van der Waals surface area contributed by atoms with Crippen molar-refractivity contribution in [2.75, 3.05) is 13.6 Å². The van der Waals surface area contributed by atoms with Gasteiger partial charge < -0.3 is 9.88 Å². The molecule has 122 valence electrons. The molecule has 0 spiro atoms. The number of hydrogen-bond acceptors (Lipinski definition) is 3. The van der Waals surface area contributed by atoms with Crippen molar-refractivity contribution in [2.24, 2.45) is 0 Å². The van der Waals surface area contributed by atoms with E-state index in [-0.39, 0.29) is 0 Å². The minimum Gasteiger partial charge on any atom is -0.349 e. The highest BCUT2D eigenvalue weighted by Gasteiger charge is 2.22. The fourth-order valence-corrected chi connectivity index (χ4v) is 3.37. The molecule has 21 heavy (non-hydrogen) atoms. The normalized spacial score (nSPS) is 12.5. The molecule has 0 saturated carbocycles. The van der Waals surface area contributed by atoms with Crippen LogP contribution >= 0.6 is 0 Å². The first-order valence-corrected chi connectivity index (χ1v) is 9.15. The molecule has 0 aliphatic heterocycles. The van der Waals surface area contributed by atoms with Gasteiger partial charge in [-0.15, -0.1) is 0 Å². The third-order valence-corrected chi connectivity index (χ3v) is 5.35. The molecule has 6 heteroatoms. The van der Waals surface area contributed by atoms with Gasteiger partial charge in [0, 0.05) is 44.6 Å². The second-order valence-electron chi connectivity index (χ2n) is 5.67. The first-order valence-electron chi connectivity index (χ1n) is 7.71. The van der Waals surface area contributed by atoms with Crippen molar-refractivity contribution in [2.45, 2.75) is 64.6 Å². The monoisotopic (exact) mass is 315 g/mol. The second-order valence-corrected chi connectivity index (χ2v) is 7.71. The van der Waals surface area contributed by atoms with Gasteiger partial charge in [-0.25, -0.2) is 12.7 Å². The van der Waals surface area contributed by atoms with Gasteiger partial charge in [-0.05, 0) is 19.4 Å². The van der Waals surface area contributed by atoms with E-state index in [1.54, 1.807) is 19.3 Å². The number of aromatic nitrogens is 1. The molecule has 0 fully saturated rings. The molecule has 0 radical (unpaired) electrons. The summed E-state index contributed by atoms with van der Waals surface area (Å²) >= 11 is 0. The summed E-state index contributed by atoms with van der Waals surface area (Å²) in [6, 6.07) is 2.16. The maximum atomic E-state index is 12.5. The van der Waals surface area contributed by atoms with E-state index in [4.69, 9.17) is 0 Å². The van der Waals surface area contributed by atoms with E-state index in [0.717, 1.165) is 25.1 Å². The molecular formula is C15H29N3O2S. The van der Waals surface area contributed by atoms with Gasteiger partial charge in [-0.2, -0.15) is 0 Å². The Morgan fingerprint density at radius 3 is 2.52 bits per heavy atom. The van der Waals surface area contributed by atoms with E-state index in [9.17, 15) is 8.42 Å². The number of sulfonamides is 1. The van der Waals surface area contributed by atoms with Crippen molar-refractivity contribution in [1.29, 1.82) is 0 Å². The average molecular weight is 315 g/mol. The molecule has 0 bridgehead atoms. The number of nitrogens with zero attached hydrogens (tertiary/aromatic N) is 2. The quantitative estimate of drug-likeness (QED) is 0.761. The molecule has 1 aromatic heterocycles. The summed E-state index contributed by atoms with van der Waals surface area (Å²) in [7, 11) is -1.72. The topological polar surface area (TPSA) is 54.3 Å². The summed E-state index contributed by atoms with van der Waals surface area (Å²) in [5.41, 5.74) is 1.01. The van der Waals surface area contributed by atoms with Crippen LogP contribution in [0.2, 0.25) is 0 Å². The van der Waals surface area contributed by atoms with Gasteiger partial charge in [0.1, 0.15) is 4.90 Å². The summed E-state index contributed by atoms with van der Waals surface area (Å²) in [5.74, 6) is 0. The molecule has 1 heterocycles. The third-order valence-electron chi connectivity index (χ3n) is 3.53. The Morgan fingerprint density at radius 1 is 1.33 bits per heavy atom. The SMILES string of the molecule is CCCCN(C)S(=O)(=O)c1cc(CNC(C)C)n(CC)c1.